The van der Waals surface area contributed by atoms with Crippen LogP contribution in [0, 0.1) is 11.8 Å². The van der Waals surface area contributed by atoms with Crippen LogP contribution in [0.15, 0.2) is 0 Å². The summed E-state index contributed by atoms with van der Waals surface area (Å²) in [5.41, 5.74) is 0. The number of hydrogen-bond acceptors (Lipinski definition) is 2. The van der Waals surface area contributed by atoms with Crippen molar-refractivity contribution in [1.29, 1.82) is 0 Å². The van der Waals surface area contributed by atoms with E-state index < -0.39 is 6.36 Å². The van der Waals surface area contributed by atoms with Gasteiger partial charge in [0.1, 0.15) is 0 Å². The van der Waals surface area contributed by atoms with Gasteiger partial charge in [-0.05, 0) is 12.3 Å². The summed E-state index contributed by atoms with van der Waals surface area (Å²) >= 11 is 0. The maximum absolute atomic E-state index is 12.4. The number of rotatable bonds is 7. The summed E-state index contributed by atoms with van der Waals surface area (Å²) in [6.07, 6.45) is 0.416. The first-order valence-corrected chi connectivity index (χ1v) is 4.99. The first kappa shape index (κ1) is 12.8. The van der Waals surface area contributed by atoms with Gasteiger partial charge in [-0.2, -0.15) is 0 Å². The van der Waals surface area contributed by atoms with Crippen molar-refractivity contribution < 1.29 is 14.2 Å². The predicted octanol–water partition coefficient (Wildman–Crippen LogP) is 2.36. The molecule has 3 heteroatoms. The van der Waals surface area contributed by atoms with Crippen LogP contribution in [0.4, 0.5) is 4.39 Å². The molecule has 1 N–H and O–H groups in total. The van der Waals surface area contributed by atoms with Crippen molar-refractivity contribution in [2.75, 3.05) is 13.2 Å². The molecule has 0 aromatic carbocycles. The van der Waals surface area contributed by atoms with E-state index in [9.17, 15) is 4.39 Å². The molecule has 0 rings (SSSR count). The minimum absolute atomic E-state index is 0.0665. The minimum Gasteiger partial charge on any atom is -0.381 e. The van der Waals surface area contributed by atoms with Gasteiger partial charge in [0, 0.05) is 19.1 Å². The van der Waals surface area contributed by atoms with Gasteiger partial charge in [-0.25, -0.2) is 4.39 Å². The molecule has 2 nitrogen and oxygen atoms in total. The van der Waals surface area contributed by atoms with Gasteiger partial charge in [-0.3, -0.25) is 0 Å². The second-order valence-electron chi connectivity index (χ2n) is 3.64. The number of hydrogen-bond donors (Lipinski definition) is 1. The van der Waals surface area contributed by atoms with Crippen LogP contribution in [0.5, 0.6) is 0 Å². The third-order valence-corrected chi connectivity index (χ3v) is 2.35. The van der Waals surface area contributed by atoms with Gasteiger partial charge in [0.2, 0.25) is 0 Å². The molecule has 13 heavy (non-hydrogen) atoms. The summed E-state index contributed by atoms with van der Waals surface area (Å²) in [5, 5.41) is 8.67. The molecule has 0 saturated carbocycles. The summed E-state index contributed by atoms with van der Waals surface area (Å²) in [4.78, 5) is 0. The van der Waals surface area contributed by atoms with Gasteiger partial charge in [0.25, 0.3) is 0 Å². The molecular weight excluding hydrogens is 171 g/mol. The number of aliphatic hydroxyl groups is 1. The molecule has 0 aliphatic heterocycles. The molecule has 0 spiro atoms. The maximum Gasteiger partial charge on any atom is 0.199 e. The third kappa shape index (κ3) is 5.99. The average molecular weight is 192 g/mol. The molecule has 0 bridgehead atoms. The maximum atomic E-state index is 12.4. The molecule has 3 atom stereocenters. The van der Waals surface area contributed by atoms with E-state index in [1.807, 2.05) is 6.92 Å². The summed E-state index contributed by atoms with van der Waals surface area (Å²) in [6.45, 7) is 6.94. The molecule has 0 aromatic heterocycles. The Morgan fingerprint density at radius 2 is 2.00 bits per heavy atom. The molecule has 0 aliphatic rings. The number of halogens is 1. The number of alkyl halides is 1. The Hall–Kier alpha value is -0.150. The van der Waals surface area contributed by atoms with E-state index in [-0.39, 0.29) is 11.8 Å². The lowest BCUT2D eigenvalue weighted by Gasteiger charge is -2.19. The normalized spacial score (nSPS) is 18.2. The number of ether oxygens (including phenoxy) is 1. The van der Waals surface area contributed by atoms with E-state index in [0.29, 0.717) is 6.61 Å². The highest BCUT2D eigenvalue weighted by Gasteiger charge is 2.19. The zero-order chi connectivity index (χ0) is 10.3. The van der Waals surface area contributed by atoms with Gasteiger partial charge < -0.3 is 9.84 Å². The molecule has 80 valence electrons. The van der Waals surface area contributed by atoms with Crippen LogP contribution in [0.2, 0.25) is 0 Å². The summed E-state index contributed by atoms with van der Waals surface area (Å²) in [7, 11) is 0. The monoisotopic (exact) mass is 192 g/mol. The Morgan fingerprint density at radius 1 is 1.38 bits per heavy atom. The third-order valence-electron chi connectivity index (χ3n) is 2.35. The van der Waals surface area contributed by atoms with Crippen molar-refractivity contribution >= 4 is 0 Å². The highest BCUT2D eigenvalue weighted by Crippen LogP contribution is 2.16. The van der Waals surface area contributed by atoms with Crippen molar-refractivity contribution in [2.45, 2.75) is 40.0 Å². The van der Waals surface area contributed by atoms with E-state index in [1.54, 1.807) is 6.92 Å². The lowest BCUT2D eigenvalue weighted by Crippen LogP contribution is -2.23. The van der Waals surface area contributed by atoms with Gasteiger partial charge in [-0.1, -0.05) is 27.2 Å². The summed E-state index contributed by atoms with van der Waals surface area (Å²) in [6, 6.07) is 0. The van der Waals surface area contributed by atoms with Crippen molar-refractivity contribution in [3.05, 3.63) is 0 Å². The van der Waals surface area contributed by atoms with Crippen molar-refractivity contribution in [3.8, 4) is 0 Å². The Labute approximate surface area is 80.1 Å². The largest absolute Gasteiger partial charge is 0.381 e. The predicted molar refractivity (Wildman–Crippen MR) is 51.2 cm³/mol. The Morgan fingerprint density at radius 3 is 2.46 bits per heavy atom. The van der Waals surface area contributed by atoms with Crippen LogP contribution in [-0.4, -0.2) is 24.7 Å². The summed E-state index contributed by atoms with van der Waals surface area (Å²) in [5.74, 6) is -0.279. The molecule has 0 amide bonds. The first-order valence-electron chi connectivity index (χ1n) is 4.99. The molecular formula is C10H21FO2. The van der Waals surface area contributed by atoms with Crippen molar-refractivity contribution in [1.82, 2.24) is 0 Å². The number of aliphatic hydroxyl groups excluding tert-OH is 1. The molecule has 0 saturated heterocycles. The van der Waals surface area contributed by atoms with E-state index in [2.05, 4.69) is 6.92 Å². The van der Waals surface area contributed by atoms with E-state index in [4.69, 9.17) is 9.84 Å². The van der Waals surface area contributed by atoms with Crippen LogP contribution in [0.3, 0.4) is 0 Å². The lowest BCUT2D eigenvalue weighted by molar-refractivity contribution is -0.0407. The molecule has 0 fully saturated rings. The zero-order valence-corrected chi connectivity index (χ0v) is 8.79. The fourth-order valence-electron chi connectivity index (χ4n) is 0.939. The van der Waals surface area contributed by atoms with Crippen molar-refractivity contribution in [2.24, 2.45) is 11.8 Å². The van der Waals surface area contributed by atoms with Gasteiger partial charge in [0.15, 0.2) is 6.36 Å². The molecule has 1 unspecified atom stereocenters. The molecule has 0 aromatic rings. The average Bonchev–Trinajstić information content (AvgIpc) is 2.10. The van der Waals surface area contributed by atoms with E-state index in [1.165, 1.54) is 0 Å². The molecule has 0 heterocycles. The fourth-order valence-corrected chi connectivity index (χ4v) is 0.939. The molecule has 0 radical (unpaired) electrons. The van der Waals surface area contributed by atoms with Gasteiger partial charge in [-0.15, -0.1) is 0 Å². The van der Waals surface area contributed by atoms with Crippen molar-refractivity contribution in [3.63, 3.8) is 0 Å². The quantitative estimate of drug-likeness (QED) is 0.627. The fraction of sp³-hybridized carbons (Fsp3) is 1.00. The van der Waals surface area contributed by atoms with Crippen LogP contribution >= 0.6 is 0 Å². The second kappa shape index (κ2) is 7.27. The first-order chi connectivity index (χ1) is 6.09. The Bertz CT molecular complexity index is 117. The smallest absolute Gasteiger partial charge is 0.199 e. The second-order valence-corrected chi connectivity index (χ2v) is 3.64. The van der Waals surface area contributed by atoms with Crippen LogP contribution in [-0.2, 0) is 4.74 Å². The lowest BCUT2D eigenvalue weighted by atomic mass is 9.97. The van der Waals surface area contributed by atoms with Crippen LogP contribution in [0.1, 0.15) is 33.6 Å². The van der Waals surface area contributed by atoms with E-state index in [0.717, 1.165) is 19.4 Å². The van der Waals surface area contributed by atoms with Gasteiger partial charge in [0.05, 0.1) is 0 Å². The van der Waals surface area contributed by atoms with Crippen LogP contribution < -0.4 is 0 Å². The highest BCUT2D eigenvalue weighted by atomic mass is 19.1. The summed E-state index contributed by atoms with van der Waals surface area (Å²) < 4.78 is 17.8. The SMILES string of the molecule is CCCCOC[C@@H](C)C(C)[C@@H](O)F. The molecule has 0 aliphatic carbocycles. The number of unbranched alkanes of at least 4 members (excludes halogenated alkanes) is 1. The van der Waals surface area contributed by atoms with E-state index >= 15 is 0 Å². The Kier molecular flexibility index (Phi) is 7.19. The highest BCUT2D eigenvalue weighted by molar-refractivity contribution is 4.62. The topological polar surface area (TPSA) is 29.5 Å². The van der Waals surface area contributed by atoms with Crippen LogP contribution in [0.25, 0.3) is 0 Å². The van der Waals surface area contributed by atoms with Gasteiger partial charge >= 0.3 is 0 Å². The minimum atomic E-state index is -1.73. The Balaban J connectivity index is 3.44. The standard InChI is InChI=1S/C10H21FO2/c1-4-5-6-13-7-8(2)9(3)10(11)12/h8-10,12H,4-7H2,1-3H3/t8-,9?,10-/m1/s1. The zero-order valence-electron chi connectivity index (χ0n) is 8.79.